The molecule has 1 unspecified atom stereocenters. The van der Waals surface area contributed by atoms with E-state index < -0.39 is 34.7 Å². The molecule has 0 aliphatic rings. The number of rotatable bonds is 86. The zero-order chi connectivity index (χ0) is 93.2. The van der Waals surface area contributed by atoms with Gasteiger partial charge in [-0.25, -0.2) is 0 Å². The fourth-order valence-corrected chi connectivity index (χ4v) is 26.7. The van der Waals surface area contributed by atoms with E-state index in [4.69, 9.17) is 27.1 Å². The molecular weight excluding hydrogens is 1620 g/mol. The molecule has 0 saturated heterocycles. The molecule has 0 amide bonds. The second kappa shape index (κ2) is 72.9. The molecule has 0 aromatic heterocycles. The van der Waals surface area contributed by atoms with Crippen LogP contribution < -0.4 is 15.9 Å². The van der Waals surface area contributed by atoms with Crippen LogP contribution in [0.2, 0.25) is 0 Å². The van der Waals surface area contributed by atoms with Gasteiger partial charge in [-0.15, -0.1) is 0 Å². The minimum absolute atomic E-state index is 0.0304. The van der Waals surface area contributed by atoms with Crippen LogP contribution in [0.4, 0.5) is 0 Å². The molecule has 3 aromatic carbocycles. The van der Waals surface area contributed by atoms with E-state index in [1.165, 1.54) is 363 Å². The minimum atomic E-state index is -4.05. The normalized spacial score (nSPS) is 13.6. The van der Waals surface area contributed by atoms with E-state index in [2.05, 4.69) is 168 Å². The Morgan fingerprint density at radius 1 is 0.220 bits per heavy atom. The molecule has 0 bridgehead atoms. The summed E-state index contributed by atoms with van der Waals surface area (Å²) in [5, 5.41) is 2.55. The Balaban J connectivity index is 2.38. The Labute approximate surface area is 792 Å². The third-order valence-corrected chi connectivity index (χ3v) is 34.7. The van der Waals surface area contributed by atoms with Crippen LogP contribution in [0.5, 0.6) is 0 Å². The van der Waals surface area contributed by atoms with Crippen molar-refractivity contribution in [2.24, 2.45) is 0 Å². The Morgan fingerprint density at radius 3 is 0.520 bits per heavy atom. The molecule has 12 heteroatoms. The van der Waals surface area contributed by atoms with Crippen molar-refractivity contribution >= 4 is 39.7 Å². The van der Waals surface area contributed by atoms with Crippen molar-refractivity contribution in [3.05, 3.63) is 86.5 Å². The van der Waals surface area contributed by atoms with Crippen LogP contribution in [0.25, 0.3) is 0 Å². The fourth-order valence-electron chi connectivity index (χ4n) is 19.5. The monoisotopic (exact) mass is 1840 g/mol. The Bertz CT molecular complexity index is 2890. The van der Waals surface area contributed by atoms with Crippen LogP contribution in [0, 0.1) is 20.8 Å². The van der Waals surface area contributed by atoms with E-state index in [1.807, 2.05) is 0 Å². The molecule has 0 aliphatic carbocycles. The SMILES string of the molecule is CCCCCCCCCCCCCO[PH](O)(OCCCCCCCCCCCCC)c1cc(C)c(C(C)CC(c2cc(C(C)(C)C)c([PH](O)(OCCCCCCCCCCCCC)OCCCCCCCCCCCCC)cc2C)c2cc(C(C)(C)C)c([PH](O)(OCCCCCCCCCCCCC)OCCCCCCCCCCCCC)cc2C)cc1C(C)(C)C. The first-order valence-electron chi connectivity index (χ1n) is 55.6. The van der Waals surface area contributed by atoms with Crippen LogP contribution in [-0.4, -0.2) is 54.3 Å². The fraction of sp³-hybridized carbons (Fsp3) is 0.843. The van der Waals surface area contributed by atoms with Gasteiger partial charge in [0.15, 0.2) is 0 Å². The summed E-state index contributed by atoms with van der Waals surface area (Å²) >= 11 is 0. The summed E-state index contributed by atoms with van der Waals surface area (Å²) in [5.41, 5.74) is 9.21. The van der Waals surface area contributed by atoms with E-state index in [-0.39, 0.29) is 17.3 Å². The van der Waals surface area contributed by atoms with Crippen molar-refractivity contribution in [2.45, 2.75) is 590 Å². The van der Waals surface area contributed by atoms with Gasteiger partial charge in [-0.05, 0) is 0 Å². The predicted octanol–water partition coefficient (Wildman–Crippen LogP) is 37.1. The molecule has 0 saturated carbocycles. The van der Waals surface area contributed by atoms with Gasteiger partial charge in [0.05, 0.1) is 0 Å². The first kappa shape index (κ1) is 120. The van der Waals surface area contributed by atoms with Crippen molar-refractivity contribution in [1.82, 2.24) is 0 Å². The summed E-state index contributed by atoms with van der Waals surface area (Å²) in [7, 11) is -12.1. The van der Waals surface area contributed by atoms with Gasteiger partial charge >= 0.3 is 717 Å². The molecule has 0 spiro atoms. The Morgan fingerprint density at radius 2 is 0.362 bits per heavy atom. The number of unbranched alkanes of at least 4 members (excludes halogenated alkanes) is 60. The summed E-state index contributed by atoms with van der Waals surface area (Å²) in [6, 6.07) is 14.3. The molecule has 0 radical (unpaired) electrons. The maximum absolute atomic E-state index is 13.7. The number of hydrogen-bond donors (Lipinski definition) is 3. The van der Waals surface area contributed by atoms with E-state index in [1.54, 1.807) is 0 Å². The topological polar surface area (TPSA) is 116 Å². The van der Waals surface area contributed by atoms with E-state index in [0.717, 1.165) is 133 Å². The number of aryl methyl sites for hydroxylation is 3. The molecule has 746 valence electrons. The average molecular weight is 1840 g/mol. The predicted molar refractivity (Wildman–Crippen MR) is 569 cm³/mol. The summed E-state index contributed by atoms with van der Waals surface area (Å²) in [6.45, 7) is 46.7. The summed E-state index contributed by atoms with van der Waals surface area (Å²) in [5.74, 6) is -0.108. The second-order valence-electron chi connectivity index (χ2n) is 43.3. The summed E-state index contributed by atoms with van der Waals surface area (Å²) in [6.07, 6.45) is 83.2. The molecule has 9 nitrogen and oxygen atoms in total. The van der Waals surface area contributed by atoms with Crippen molar-refractivity contribution in [3.8, 4) is 0 Å². The molecule has 127 heavy (non-hydrogen) atoms. The first-order chi connectivity index (χ1) is 61.1. The van der Waals surface area contributed by atoms with Crippen molar-refractivity contribution in [3.63, 3.8) is 0 Å². The Kier molecular flexibility index (Phi) is 68.7. The van der Waals surface area contributed by atoms with Gasteiger partial charge in [0.1, 0.15) is 0 Å². The summed E-state index contributed by atoms with van der Waals surface area (Å²) in [4.78, 5) is 40.9. The third-order valence-electron chi connectivity index (χ3n) is 27.8. The number of hydrogen-bond acceptors (Lipinski definition) is 9. The van der Waals surface area contributed by atoms with Gasteiger partial charge in [-0.1, -0.05) is 80.1 Å². The van der Waals surface area contributed by atoms with Gasteiger partial charge in [0.25, 0.3) is 0 Å². The quantitative estimate of drug-likeness (QED) is 0.0375. The molecule has 3 rings (SSSR count). The van der Waals surface area contributed by atoms with E-state index >= 15 is 0 Å². The average Bonchev–Trinajstić information content (AvgIpc) is 0.749. The van der Waals surface area contributed by atoms with Crippen molar-refractivity contribution < 1.29 is 41.8 Å². The molecule has 1 atom stereocenters. The van der Waals surface area contributed by atoms with E-state index in [0.29, 0.717) is 39.6 Å². The zero-order valence-electron chi connectivity index (χ0n) is 88.0. The van der Waals surface area contributed by atoms with Crippen molar-refractivity contribution in [1.29, 1.82) is 0 Å². The standard InChI is InChI=1S/C115H217O9P3/c1-20-26-32-38-44-50-56-62-68-74-80-86-119-125(116,120-87-81-75-69-63-57-51-45-39-33-27-21-2)110-93-100(8)103(96-107(110)113(11,12)13)99(7)92-106(104-97-108(114(14,15)16)111(94-101(104)9)126(117,121-88-82-76-70-64-58-52-46-40-34-28-22-3)122-89-83-77-71-65-59-53-47-41-35-29-23-4)105-98-109(115(17,18)19)112(95-102(105)10)127(118,123-90-84-78-72-66-60-54-48-42-36-30-24-5)124-91-85-79-73-67-61-55-49-43-37-31-25-6/h93-99,106,116-118,125-127H,20-92H2,1-19H3. The number of benzene rings is 3. The van der Waals surface area contributed by atoms with Gasteiger partial charge in [0.2, 0.25) is 0 Å². The zero-order valence-corrected chi connectivity index (χ0v) is 91.0. The van der Waals surface area contributed by atoms with Crippen LogP contribution in [0.1, 0.15) is 603 Å². The molecule has 0 fully saturated rings. The second-order valence-corrected chi connectivity index (χ2v) is 50.1. The molecule has 3 aromatic rings. The maximum atomic E-state index is 13.7. The summed E-state index contributed by atoms with van der Waals surface area (Å²) < 4.78 is 42.2. The Hall–Kier alpha value is -1.41. The van der Waals surface area contributed by atoms with Gasteiger partial charge in [-0.2, -0.15) is 0 Å². The first-order valence-corrected chi connectivity index (χ1v) is 60.9. The molecular formula is C115H217O9P3. The van der Waals surface area contributed by atoms with Crippen molar-refractivity contribution in [2.75, 3.05) is 39.6 Å². The molecule has 3 N–H and O–H groups in total. The van der Waals surface area contributed by atoms with E-state index in [9.17, 15) is 14.7 Å². The van der Waals surface area contributed by atoms with Gasteiger partial charge in [-0.3, -0.25) is 0 Å². The van der Waals surface area contributed by atoms with Crippen LogP contribution in [0.15, 0.2) is 36.4 Å². The van der Waals surface area contributed by atoms with Crippen LogP contribution in [-0.2, 0) is 43.4 Å². The van der Waals surface area contributed by atoms with Crippen LogP contribution >= 0.6 is 23.8 Å². The third kappa shape index (κ3) is 52.6. The van der Waals surface area contributed by atoms with Gasteiger partial charge in [0, 0.05) is 0 Å². The van der Waals surface area contributed by atoms with Crippen LogP contribution in [0.3, 0.4) is 0 Å². The molecule has 0 aliphatic heterocycles. The molecule has 0 heterocycles. The van der Waals surface area contributed by atoms with Gasteiger partial charge < -0.3 is 0 Å².